The van der Waals surface area contributed by atoms with Crippen LogP contribution in [0.4, 0.5) is 0 Å². The minimum Gasteiger partial charge on any atom is -0.490 e. The van der Waals surface area contributed by atoms with E-state index in [1.165, 1.54) is 11.1 Å². The van der Waals surface area contributed by atoms with Gasteiger partial charge < -0.3 is 20.1 Å². The Bertz CT molecular complexity index is 1040. The van der Waals surface area contributed by atoms with Gasteiger partial charge in [0.15, 0.2) is 0 Å². The SMILES string of the molecule is CC(C)(C)C(=O)N1CCC(Oc2ccc(C(=O)NCC(O)CN3CCc4ccccc4C3)cc2)CC1. The molecule has 1 fully saturated rings. The zero-order valence-corrected chi connectivity index (χ0v) is 21.7. The van der Waals surface area contributed by atoms with Gasteiger partial charge in [-0.05, 0) is 41.8 Å². The molecule has 0 aromatic heterocycles. The fourth-order valence-electron chi connectivity index (χ4n) is 4.91. The summed E-state index contributed by atoms with van der Waals surface area (Å²) in [7, 11) is 0. The van der Waals surface area contributed by atoms with Gasteiger partial charge in [-0.15, -0.1) is 0 Å². The number of carbonyl (C=O) groups excluding carboxylic acids is 2. The zero-order chi connectivity index (χ0) is 25.7. The summed E-state index contributed by atoms with van der Waals surface area (Å²) in [5.41, 5.74) is 2.86. The fraction of sp³-hybridized carbons (Fsp3) is 0.517. The Balaban J connectivity index is 1.18. The van der Waals surface area contributed by atoms with E-state index in [0.717, 1.165) is 38.1 Å². The third-order valence-electron chi connectivity index (χ3n) is 6.97. The van der Waals surface area contributed by atoms with Crippen LogP contribution in [0, 0.1) is 5.41 Å². The van der Waals surface area contributed by atoms with Crippen LogP contribution in [0.25, 0.3) is 0 Å². The van der Waals surface area contributed by atoms with Crippen molar-refractivity contribution in [3.05, 3.63) is 65.2 Å². The number of ether oxygens (including phenoxy) is 1. The maximum Gasteiger partial charge on any atom is 0.251 e. The van der Waals surface area contributed by atoms with Crippen molar-refractivity contribution < 1.29 is 19.4 Å². The predicted molar refractivity (Wildman–Crippen MR) is 140 cm³/mol. The number of rotatable bonds is 7. The van der Waals surface area contributed by atoms with E-state index in [2.05, 4.69) is 28.4 Å². The van der Waals surface area contributed by atoms with Crippen LogP contribution in [0.5, 0.6) is 5.75 Å². The Hall–Kier alpha value is -2.90. The van der Waals surface area contributed by atoms with Crippen LogP contribution in [0.15, 0.2) is 48.5 Å². The Morgan fingerprint density at radius 2 is 1.69 bits per heavy atom. The molecule has 2 aromatic rings. The van der Waals surface area contributed by atoms with E-state index >= 15 is 0 Å². The largest absolute Gasteiger partial charge is 0.490 e. The van der Waals surface area contributed by atoms with Crippen LogP contribution in [0.2, 0.25) is 0 Å². The highest BCUT2D eigenvalue weighted by Crippen LogP contribution is 2.24. The lowest BCUT2D eigenvalue weighted by Crippen LogP contribution is -2.46. The maximum absolute atomic E-state index is 12.6. The molecule has 1 atom stereocenters. The summed E-state index contributed by atoms with van der Waals surface area (Å²) in [4.78, 5) is 29.2. The molecule has 4 rings (SSSR count). The second kappa shape index (κ2) is 11.4. The molecule has 2 aliphatic heterocycles. The number of nitrogens with zero attached hydrogens (tertiary/aromatic N) is 2. The predicted octanol–water partition coefficient (Wildman–Crippen LogP) is 3.25. The number of amides is 2. The molecule has 7 heteroatoms. The molecule has 1 unspecified atom stereocenters. The van der Waals surface area contributed by atoms with Gasteiger partial charge in [0.2, 0.25) is 5.91 Å². The van der Waals surface area contributed by atoms with Crippen molar-refractivity contribution in [2.75, 3.05) is 32.7 Å². The van der Waals surface area contributed by atoms with Crippen molar-refractivity contribution in [1.82, 2.24) is 15.1 Å². The number of hydrogen-bond donors (Lipinski definition) is 2. The molecular formula is C29H39N3O4. The Morgan fingerprint density at radius 1 is 1.03 bits per heavy atom. The molecule has 2 aliphatic rings. The topological polar surface area (TPSA) is 82.1 Å². The molecule has 0 bridgehead atoms. The molecule has 1 saturated heterocycles. The number of aliphatic hydroxyl groups excluding tert-OH is 1. The van der Waals surface area contributed by atoms with Crippen LogP contribution in [0.1, 0.15) is 55.1 Å². The van der Waals surface area contributed by atoms with E-state index < -0.39 is 6.10 Å². The summed E-state index contributed by atoms with van der Waals surface area (Å²) in [6.07, 6.45) is 2.01. The number of aliphatic hydroxyl groups is 1. The van der Waals surface area contributed by atoms with E-state index in [1.54, 1.807) is 12.1 Å². The van der Waals surface area contributed by atoms with E-state index in [0.29, 0.717) is 25.2 Å². The highest BCUT2D eigenvalue weighted by Gasteiger charge is 2.31. The van der Waals surface area contributed by atoms with Gasteiger partial charge in [0.25, 0.3) is 5.91 Å². The minimum atomic E-state index is -0.627. The molecule has 7 nitrogen and oxygen atoms in total. The molecule has 0 radical (unpaired) electrons. The monoisotopic (exact) mass is 493 g/mol. The van der Waals surface area contributed by atoms with Gasteiger partial charge in [-0.1, -0.05) is 45.0 Å². The first-order valence-electron chi connectivity index (χ1n) is 13.0. The summed E-state index contributed by atoms with van der Waals surface area (Å²) < 4.78 is 6.10. The van der Waals surface area contributed by atoms with E-state index in [1.807, 2.05) is 43.9 Å². The third kappa shape index (κ3) is 6.86. The molecule has 2 aromatic carbocycles. The third-order valence-corrected chi connectivity index (χ3v) is 6.97. The first-order chi connectivity index (χ1) is 17.2. The van der Waals surface area contributed by atoms with Crippen LogP contribution in [-0.4, -0.2) is 71.7 Å². The van der Waals surface area contributed by atoms with Crippen molar-refractivity contribution >= 4 is 11.8 Å². The molecule has 36 heavy (non-hydrogen) atoms. The molecular weight excluding hydrogens is 454 g/mol. The average molecular weight is 494 g/mol. The van der Waals surface area contributed by atoms with Crippen molar-refractivity contribution in [2.24, 2.45) is 5.41 Å². The number of β-amino-alcohol motifs (C(OH)–C–C–N with tert-alkyl or cyclic N) is 1. The first kappa shape index (κ1) is 26.2. The van der Waals surface area contributed by atoms with Crippen LogP contribution < -0.4 is 10.1 Å². The summed E-state index contributed by atoms with van der Waals surface area (Å²) in [5.74, 6) is 0.693. The Kier molecular flexibility index (Phi) is 8.32. The lowest BCUT2D eigenvalue weighted by Gasteiger charge is -2.35. The maximum atomic E-state index is 12.6. The number of hydrogen-bond acceptors (Lipinski definition) is 5. The van der Waals surface area contributed by atoms with Crippen molar-refractivity contribution in [2.45, 2.75) is 58.8 Å². The summed E-state index contributed by atoms with van der Waals surface area (Å²) in [6, 6.07) is 15.5. The van der Waals surface area contributed by atoms with E-state index in [9.17, 15) is 14.7 Å². The molecule has 2 N–H and O–H groups in total. The molecule has 0 spiro atoms. The minimum absolute atomic E-state index is 0.0607. The number of piperidine rings is 1. The van der Waals surface area contributed by atoms with Gasteiger partial charge in [-0.3, -0.25) is 14.5 Å². The number of benzene rings is 2. The Morgan fingerprint density at radius 3 is 2.36 bits per heavy atom. The fourth-order valence-corrected chi connectivity index (χ4v) is 4.91. The smallest absolute Gasteiger partial charge is 0.251 e. The lowest BCUT2D eigenvalue weighted by molar-refractivity contribution is -0.141. The van der Waals surface area contributed by atoms with Crippen LogP contribution in [-0.2, 0) is 17.8 Å². The average Bonchev–Trinajstić information content (AvgIpc) is 2.87. The van der Waals surface area contributed by atoms with Crippen LogP contribution >= 0.6 is 0 Å². The summed E-state index contributed by atoms with van der Waals surface area (Å²) in [6.45, 7) is 9.73. The summed E-state index contributed by atoms with van der Waals surface area (Å²) >= 11 is 0. The molecule has 2 amide bonds. The highest BCUT2D eigenvalue weighted by atomic mass is 16.5. The second-order valence-corrected chi connectivity index (χ2v) is 11.0. The Labute approximate surface area is 214 Å². The van der Waals surface area contributed by atoms with Gasteiger partial charge in [0.1, 0.15) is 11.9 Å². The van der Waals surface area contributed by atoms with Crippen molar-refractivity contribution in [3.63, 3.8) is 0 Å². The molecule has 0 aliphatic carbocycles. The van der Waals surface area contributed by atoms with Gasteiger partial charge in [0.05, 0.1) is 6.10 Å². The van der Waals surface area contributed by atoms with E-state index in [4.69, 9.17) is 4.74 Å². The molecule has 2 heterocycles. The van der Waals surface area contributed by atoms with Crippen LogP contribution in [0.3, 0.4) is 0 Å². The zero-order valence-electron chi connectivity index (χ0n) is 21.7. The second-order valence-electron chi connectivity index (χ2n) is 11.0. The number of carbonyl (C=O) groups is 2. The lowest BCUT2D eigenvalue weighted by atomic mass is 9.93. The van der Waals surface area contributed by atoms with Gasteiger partial charge in [-0.2, -0.15) is 0 Å². The van der Waals surface area contributed by atoms with Gasteiger partial charge in [-0.25, -0.2) is 0 Å². The van der Waals surface area contributed by atoms with E-state index in [-0.39, 0.29) is 29.9 Å². The highest BCUT2D eigenvalue weighted by molar-refractivity contribution is 5.94. The van der Waals surface area contributed by atoms with Crippen molar-refractivity contribution in [1.29, 1.82) is 0 Å². The van der Waals surface area contributed by atoms with Gasteiger partial charge in [0, 0.05) is 63.1 Å². The number of nitrogens with one attached hydrogen (secondary N) is 1. The quantitative estimate of drug-likeness (QED) is 0.619. The molecule has 0 saturated carbocycles. The summed E-state index contributed by atoms with van der Waals surface area (Å²) in [5, 5.41) is 13.3. The van der Waals surface area contributed by atoms with Crippen molar-refractivity contribution in [3.8, 4) is 5.75 Å². The normalized spacial score (nSPS) is 17.8. The molecule has 194 valence electrons. The first-order valence-corrected chi connectivity index (χ1v) is 13.0. The van der Waals surface area contributed by atoms with Gasteiger partial charge >= 0.3 is 0 Å². The number of likely N-dealkylation sites (tertiary alicyclic amines) is 1. The standard InChI is InChI=1S/C29H39N3O4/c1-29(2,3)28(35)32-16-13-26(14-17-32)36-25-10-8-22(9-11-25)27(34)30-18-24(33)20-31-15-12-21-6-4-5-7-23(21)19-31/h4-11,24,26,33H,12-20H2,1-3H3,(H,30,34). The number of fused-ring (bicyclic) bond motifs is 1.